The minimum absolute atomic E-state index is 0.0246. The molecule has 0 amide bonds. The van der Waals surface area contributed by atoms with Gasteiger partial charge in [0.05, 0.1) is 11.9 Å². The van der Waals surface area contributed by atoms with Crippen LogP contribution >= 0.6 is 0 Å². The van der Waals surface area contributed by atoms with Crippen LogP contribution in [0.25, 0.3) is 0 Å². The Bertz CT molecular complexity index is 219. The molecule has 0 aromatic carbocycles. The monoisotopic (exact) mass is 182 g/mol. The van der Waals surface area contributed by atoms with Crippen molar-refractivity contribution >= 4 is 0 Å². The maximum Gasteiger partial charge on any atom is 0.103 e. The Labute approximate surface area is 79.9 Å². The summed E-state index contributed by atoms with van der Waals surface area (Å²) >= 11 is 0. The molecule has 1 aromatic rings. The topological polar surface area (TPSA) is 22.4 Å². The molecule has 0 fully saturated rings. The van der Waals surface area contributed by atoms with Crippen molar-refractivity contribution in [1.82, 2.24) is 0 Å². The van der Waals surface area contributed by atoms with Gasteiger partial charge < -0.3 is 9.15 Å². The Morgan fingerprint density at radius 3 is 2.69 bits per heavy atom. The van der Waals surface area contributed by atoms with E-state index >= 15 is 0 Å². The van der Waals surface area contributed by atoms with Gasteiger partial charge in [0.25, 0.3) is 0 Å². The van der Waals surface area contributed by atoms with Crippen LogP contribution in [-0.4, -0.2) is 12.2 Å². The number of rotatable bonds is 4. The van der Waals surface area contributed by atoms with Crippen molar-refractivity contribution in [3.8, 4) is 0 Å². The van der Waals surface area contributed by atoms with Crippen LogP contribution in [0.15, 0.2) is 22.8 Å². The summed E-state index contributed by atoms with van der Waals surface area (Å²) in [7, 11) is 0. The van der Waals surface area contributed by atoms with Gasteiger partial charge in [-0.1, -0.05) is 0 Å². The molecule has 74 valence electrons. The van der Waals surface area contributed by atoms with Crippen molar-refractivity contribution in [3.05, 3.63) is 24.2 Å². The van der Waals surface area contributed by atoms with E-state index in [4.69, 9.17) is 9.15 Å². The van der Waals surface area contributed by atoms with Crippen molar-refractivity contribution in [2.24, 2.45) is 0 Å². The molecule has 0 radical (unpaired) electrons. The van der Waals surface area contributed by atoms with Crippen molar-refractivity contribution < 1.29 is 9.15 Å². The van der Waals surface area contributed by atoms with Crippen LogP contribution in [0.4, 0.5) is 0 Å². The van der Waals surface area contributed by atoms with Gasteiger partial charge in [0.15, 0.2) is 0 Å². The highest BCUT2D eigenvalue weighted by molar-refractivity contribution is 4.97. The summed E-state index contributed by atoms with van der Waals surface area (Å²) < 4.78 is 10.8. The molecule has 0 spiro atoms. The van der Waals surface area contributed by atoms with Crippen LogP contribution in [0, 0.1) is 0 Å². The molecule has 0 aliphatic heterocycles. The van der Waals surface area contributed by atoms with E-state index in [1.54, 1.807) is 6.26 Å². The summed E-state index contributed by atoms with van der Waals surface area (Å²) in [6.07, 6.45) is 3.69. The minimum Gasteiger partial charge on any atom is -0.469 e. The molecule has 0 N–H and O–H groups in total. The molecule has 1 aromatic heterocycles. The second kappa shape index (κ2) is 4.47. The van der Waals surface area contributed by atoms with Gasteiger partial charge in [0, 0.05) is 13.0 Å². The van der Waals surface area contributed by atoms with Crippen LogP contribution in [0.5, 0.6) is 0 Å². The third-order valence-electron chi connectivity index (χ3n) is 1.68. The van der Waals surface area contributed by atoms with Crippen molar-refractivity contribution in [2.75, 3.05) is 6.61 Å². The molecule has 0 aliphatic carbocycles. The highest BCUT2D eigenvalue weighted by Crippen LogP contribution is 2.09. The predicted molar refractivity (Wildman–Crippen MR) is 52.7 cm³/mol. The summed E-state index contributed by atoms with van der Waals surface area (Å²) in [5.74, 6) is 1.04. The Morgan fingerprint density at radius 2 is 2.15 bits per heavy atom. The van der Waals surface area contributed by atoms with E-state index in [1.807, 2.05) is 12.1 Å². The lowest BCUT2D eigenvalue weighted by Gasteiger charge is -2.19. The SMILES string of the molecule is CC(C)(C)OCCCc1ccco1. The molecule has 1 rings (SSSR count). The summed E-state index contributed by atoms with van der Waals surface area (Å²) in [5, 5.41) is 0. The van der Waals surface area contributed by atoms with E-state index < -0.39 is 0 Å². The molecule has 0 bridgehead atoms. The fraction of sp³-hybridized carbons (Fsp3) is 0.636. The molecular formula is C11H18O2. The van der Waals surface area contributed by atoms with E-state index in [9.17, 15) is 0 Å². The first-order valence-corrected chi connectivity index (χ1v) is 4.74. The maximum atomic E-state index is 5.59. The maximum absolute atomic E-state index is 5.59. The highest BCUT2D eigenvalue weighted by atomic mass is 16.5. The van der Waals surface area contributed by atoms with Crippen molar-refractivity contribution in [1.29, 1.82) is 0 Å². The quantitative estimate of drug-likeness (QED) is 0.668. The number of ether oxygens (including phenoxy) is 1. The number of hydrogen-bond acceptors (Lipinski definition) is 2. The van der Waals surface area contributed by atoms with E-state index in [2.05, 4.69) is 20.8 Å². The Hall–Kier alpha value is -0.760. The molecule has 0 aliphatic rings. The normalized spacial score (nSPS) is 11.9. The smallest absolute Gasteiger partial charge is 0.103 e. The third-order valence-corrected chi connectivity index (χ3v) is 1.68. The van der Waals surface area contributed by atoms with E-state index in [0.717, 1.165) is 25.2 Å². The molecule has 2 nitrogen and oxygen atoms in total. The molecule has 1 heterocycles. The lowest BCUT2D eigenvalue weighted by atomic mass is 10.2. The lowest BCUT2D eigenvalue weighted by Crippen LogP contribution is -2.19. The van der Waals surface area contributed by atoms with Gasteiger partial charge in [-0.2, -0.15) is 0 Å². The molecule has 0 saturated heterocycles. The van der Waals surface area contributed by atoms with Gasteiger partial charge in [-0.25, -0.2) is 0 Å². The second-order valence-corrected chi connectivity index (χ2v) is 4.14. The first-order valence-electron chi connectivity index (χ1n) is 4.74. The largest absolute Gasteiger partial charge is 0.469 e. The molecule has 13 heavy (non-hydrogen) atoms. The summed E-state index contributed by atoms with van der Waals surface area (Å²) in [4.78, 5) is 0. The van der Waals surface area contributed by atoms with Crippen LogP contribution < -0.4 is 0 Å². The predicted octanol–water partition coefficient (Wildman–Crippen LogP) is 3.03. The summed E-state index contributed by atoms with van der Waals surface area (Å²) in [5.41, 5.74) is -0.0246. The zero-order valence-electron chi connectivity index (χ0n) is 8.67. The molecule has 0 unspecified atom stereocenters. The first-order chi connectivity index (χ1) is 6.08. The van der Waals surface area contributed by atoms with Crippen LogP contribution in [-0.2, 0) is 11.2 Å². The summed E-state index contributed by atoms with van der Waals surface area (Å²) in [6.45, 7) is 7.00. The first kappa shape index (κ1) is 10.3. The fourth-order valence-corrected chi connectivity index (χ4v) is 1.08. The average molecular weight is 182 g/mol. The van der Waals surface area contributed by atoms with Crippen LogP contribution in [0.1, 0.15) is 33.0 Å². The van der Waals surface area contributed by atoms with E-state index in [-0.39, 0.29) is 5.60 Å². The standard InChI is InChI=1S/C11H18O2/c1-11(2,3)13-9-5-7-10-6-4-8-12-10/h4,6,8H,5,7,9H2,1-3H3. The minimum atomic E-state index is -0.0246. The van der Waals surface area contributed by atoms with Gasteiger partial charge in [0.2, 0.25) is 0 Å². The molecular weight excluding hydrogens is 164 g/mol. The zero-order chi connectivity index (χ0) is 9.73. The Morgan fingerprint density at radius 1 is 1.38 bits per heavy atom. The Kier molecular flexibility index (Phi) is 3.55. The van der Waals surface area contributed by atoms with Gasteiger partial charge >= 0.3 is 0 Å². The van der Waals surface area contributed by atoms with Crippen LogP contribution in [0.3, 0.4) is 0 Å². The van der Waals surface area contributed by atoms with Crippen molar-refractivity contribution in [3.63, 3.8) is 0 Å². The van der Waals surface area contributed by atoms with Gasteiger partial charge in [-0.05, 0) is 39.3 Å². The fourth-order valence-electron chi connectivity index (χ4n) is 1.08. The van der Waals surface area contributed by atoms with Gasteiger partial charge in [0.1, 0.15) is 5.76 Å². The van der Waals surface area contributed by atoms with Gasteiger partial charge in [-0.15, -0.1) is 0 Å². The molecule has 0 atom stereocenters. The molecule has 0 saturated carbocycles. The van der Waals surface area contributed by atoms with E-state index in [1.165, 1.54) is 0 Å². The third kappa shape index (κ3) is 4.73. The average Bonchev–Trinajstić information content (AvgIpc) is 2.48. The number of aryl methyl sites for hydroxylation is 1. The molecule has 2 heteroatoms. The van der Waals surface area contributed by atoms with Crippen LogP contribution in [0.2, 0.25) is 0 Å². The number of hydrogen-bond donors (Lipinski definition) is 0. The Balaban J connectivity index is 2.09. The zero-order valence-corrected chi connectivity index (χ0v) is 8.67. The van der Waals surface area contributed by atoms with Crippen molar-refractivity contribution in [2.45, 2.75) is 39.2 Å². The second-order valence-electron chi connectivity index (χ2n) is 4.14. The number of furan rings is 1. The highest BCUT2D eigenvalue weighted by Gasteiger charge is 2.08. The lowest BCUT2D eigenvalue weighted by molar-refractivity contribution is -0.00422. The van der Waals surface area contributed by atoms with Gasteiger partial charge in [-0.3, -0.25) is 0 Å². The van der Waals surface area contributed by atoms with E-state index in [0.29, 0.717) is 0 Å². The summed E-state index contributed by atoms with van der Waals surface area (Å²) in [6, 6.07) is 3.91.